The summed E-state index contributed by atoms with van der Waals surface area (Å²) < 4.78 is 0. The smallest absolute Gasteiger partial charge is 0.0113 e. The summed E-state index contributed by atoms with van der Waals surface area (Å²) in [7, 11) is 0. The van der Waals surface area contributed by atoms with E-state index in [1.54, 1.807) is 0 Å². The number of rotatable bonds is 10. The van der Waals surface area contributed by atoms with Gasteiger partial charge in [-0.05, 0) is 6.42 Å². The first-order valence-electron chi connectivity index (χ1n) is 5.31. The zero-order valence-electron chi connectivity index (χ0n) is 8.66. The molecule has 0 fully saturated rings. The second-order valence-electron chi connectivity index (χ2n) is 3.30. The molecule has 4 nitrogen and oxygen atoms in total. The van der Waals surface area contributed by atoms with Crippen molar-refractivity contribution in [1.82, 2.24) is 22.3 Å². The Balaban J connectivity index is 2.76. The minimum atomic E-state index is 0.930. The SMILES string of the molecule is CCCCCCCCCNNN[NH]. The van der Waals surface area contributed by atoms with Crippen molar-refractivity contribution in [2.24, 2.45) is 0 Å². The van der Waals surface area contributed by atoms with Gasteiger partial charge in [-0.1, -0.05) is 45.4 Å². The van der Waals surface area contributed by atoms with E-state index in [-0.39, 0.29) is 0 Å². The van der Waals surface area contributed by atoms with Crippen molar-refractivity contribution in [1.29, 1.82) is 0 Å². The van der Waals surface area contributed by atoms with Gasteiger partial charge in [0.25, 0.3) is 0 Å². The van der Waals surface area contributed by atoms with Crippen molar-refractivity contribution < 1.29 is 0 Å². The molecule has 0 rings (SSSR count). The third kappa shape index (κ3) is 11.8. The number of hydrogen-bond acceptors (Lipinski definition) is 3. The predicted molar refractivity (Wildman–Crippen MR) is 55.4 cm³/mol. The average molecular weight is 187 g/mol. The fraction of sp³-hybridized carbons (Fsp3) is 1.00. The molecule has 0 spiro atoms. The van der Waals surface area contributed by atoms with Gasteiger partial charge in [0, 0.05) is 6.54 Å². The van der Waals surface area contributed by atoms with Crippen molar-refractivity contribution in [2.45, 2.75) is 51.9 Å². The number of hydrazine groups is 2. The molecule has 0 saturated heterocycles. The quantitative estimate of drug-likeness (QED) is 0.359. The van der Waals surface area contributed by atoms with E-state index in [0.717, 1.165) is 6.54 Å². The Bertz CT molecular complexity index is 77.7. The maximum atomic E-state index is 6.57. The summed E-state index contributed by atoms with van der Waals surface area (Å²) >= 11 is 0. The zero-order chi connectivity index (χ0) is 9.78. The van der Waals surface area contributed by atoms with Crippen LogP contribution < -0.4 is 22.3 Å². The van der Waals surface area contributed by atoms with E-state index in [1.165, 1.54) is 44.9 Å². The van der Waals surface area contributed by atoms with Crippen molar-refractivity contribution in [2.75, 3.05) is 6.54 Å². The molecule has 13 heavy (non-hydrogen) atoms. The Kier molecular flexibility index (Phi) is 11.7. The fourth-order valence-electron chi connectivity index (χ4n) is 1.28. The van der Waals surface area contributed by atoms with Crippen LogP contribution in [0.4, 0.5) is 0 Å². The van der Waals surface area contributed by atoms with Crippen molar-refractivity contribution in [3.8, 4) is 0 Å². The van der Waals surface area contributed by atoms with Crippen LogP contribution >= 0.6 is 0 Å². The summed E-state index contributed by atoms with van der Waals surface area (Å²) in [5.74, 6) is 6.57. The van der Waals surface area contributed by atoms with Crippen LogP contribution in [-0.4, -0.2) is 6.54 Å². The average Bonchev–Trinajstić information content (AvgIpc) is 2.16. The van der Waals surface area contributed by atoms with Crippen molar-refractivity contribution in [3.63, 3.8) is 0 Å². The molecular weight excluding hydrogens is 164 g/mol. The third-order valence-corrected chi connectivity index (χ3v) is 2.06. The lowest BCUT2D eigenvalue weighted by Gasteiger charge is -2.04. The number of nitrogens with one attached hydrogen (secondary N) is 4. The van der Waals surface area contributed by atoms with Crippen molar-refractivity contribution in [3.05, 3.63) is 0 Å². The Morgan fingerprint density at radius 1 is 0.923 bits per heavy atom. The zero-order valence-corrected chi connectivity index (χ0v) is 8.66. The highest BCUT2D eigenvalue weighted by Gasteiger charge is 1.89. The molecule has 0 aromatic rings. The Morgan fingerprint density at radius 2 is 1.54 bits per heavy atom. The van der Waals surface area contributed by atoms with Gasteiger partial charge in [0.05, 0.1) is 0 Å². The Morgan fingerprint density at radius 3 is 2.15 bits per heavy atom. The number of unbranched alkanes of at least 4 members (excludes halogenated alkanes) is 6. The van der Waals surface area contributed by atoms with Gasteiger partial charge in [-0.15, -0.1) is 0 Å². The molecule has 0 aliphatic carbocycles. The van der Waals surface area contributed by atoms with Crippen LogP contribution in [0.15, 0.2) is 0 Å². The second kappa shape index (κ2) is 11.8. The minimum absolute atomic E-state index is 0.930. The van der Waals surface area contributed by atoms with E-state index in [4.69, 9.17) is 5.84 Å². The summed E-state index contributed by atoms with van der Waals surface area (Å²) in [6, 6.07) is 0. The summed E-state index contributed by atoms with van der Waals surface area (Å²) in [6.45, 7) is 3.17. The van der Waals surface area contributed by atoms with Gasteiger partial charge in [-0.25, -0.2) is 5.43 Å². The lowest BCUT2D eigenvalue weighted by molar-refractivity contribution is 0.423. The molecule has 4 heteroatoms. The molecule has 0 aliphatic heterocycles. The Labute approximate surface area is 81.6 Å². The highest BCUT2D eigenvalue weighted by molar-refractivity contribution is 4.46. The lowest BCUT2D eigenvalue weighted by Crippen LogP contribution is -2.42. The van der Waals surface area contributed by atoms with E-state index >= 15 is 0 Å². The molecular formula is C9H23N4. The van der Waals surface area contributed by atoms with Crippen LogP contribution in [0.3, 0.4) is 0 Å². The first kappa shape index (κ1) is 12.8. The van der Waals surface area contributed by atoms with Gasteiger partial charge in [-0.2, -0.15) is 16.9 Å². The molecule has 0 heterocycles. The molecule has 0 aromatic heterocycles. The Hall–Kier alpha value is -0.160. The van der Waals surface area contributed by atoms with Crippen LogP contribution in [0.1, 0.15) is 51.9 Å². The molecule has 0 aliphatic rings. The van der Waals surface area contributed by atoms with E-state index in [2.05, 4.69) is 23.4 Å². The molecule has 0 saturated carbocycles. The summed E-state index contributed by atoms with van der Waals surface area (Å²) in [5, 5.41) is 0. The van der Waals surface area contributed by atoms with Crippen LogP contribution in [0.2, 0.25) is 0 Å². The van der Waals surface area contributed by atoms with E-state index < -0.39 is 0 Å². The summed E-state index contributed by atoms with van der Waals surface area (Å²) in [6.07, 6.45) is 9.27. The lowest BCUT2D eigenvalue weighted by atomic mass is 10.1. The maximum Gasteiger partial charge on any atom is 0.0113 e. The van der Waals surface area contributed by atoms with E-state index in [9.17, 15) is 0 Å². The van der Waals surface area contributed by atoms with Gasteiger partial charge in [0.15, 0.2) is 0 Å². The maximum absolute atomic E-state index is 6.57. The standard InChI is InChI=1S/C9H23N4/c1-2-3-4-5-6-7-8-9-11-13-12-10/h10-13H,2-9H2,1H3. The van der Waals surface area contributed by atoms with Gasteiger partial charge >= 0.3 is 0 Å². The molecule has 0 aromatic carbocycles. The minimum Gasteiger partial charge on any atom is -0.243 e. The van der Waals surface area contributed by atoms with Gasteiger partial charge in [0.2, 0.25) is 0 Å². The third-order valence-electron chi connectivity index (χ3n) is 2.06. The van der Waals surface area contributed by atoms with Crippen LogP contribution in [0.5, 0.6) is 0 Å². The molecule has 0 unspecified atom stereocenters. The highest BCUT2D eigenvalue weighted by Crippen LogP contribution is 2.05. The molecule has 4 N–H and O–H groups in total. The fourth-order valence-corrected chi connectivity index (χ4v) is 1.28. The van der Waals surface area contributed by atoms with Gasteiger partial charge in [-0.3, -0.25) is 0 Å². The van der Waals surface area contributed by atoms with Gasteiger partial charge in [0.1, 0.15) is 0 Å². The summed E-state index contributed by atoms with van der Waals surface area (Å²) in [5.41, 5.74) is 7.49. The topological polar surface area (TPSA) is 59.9 Å². The van der Waals surface area contributed by atoms with Crippen LogP contribution in [0, 0.1) is 0 Å². The molecule has 1 radical (unpaired) electrons. The molecule has 0 amide bonds. The molecule has 79 valence electrons. The first-order chi connectivity index (χ1) is 6.41. The predicted octanol–water partition coefficient (Wildman–Crippen LogP) is 1.53. The number of hydrogen-bond donors (Lipinski definition) is 3. The second-order valence-corrected chi connectivity index (χ2v) is 3.30. The van der Waals surface area contributed by atoms with Crippen molar-refractivity contribution >= 4 is 0 Å². The van der Waals surface area contributed by atoms with E-state index in [1.807, 2.05) is 0 Å². The molecule has 0 atom stereocenters. The largest absolute Gasteiger partial charge is 0.243 e. The van der Waals surface area contributed by atoms with Crippen LogP contribution in [-0.2, 0) is 0 Å². The molecule has 0 bridgehead atoms. The monoisotopic (exact) mass is 187 g/mol. The van der Waals surface area contributed by atoms with E-state index in [0.29, 0.717) is 0 Å². The summed E-state index contributed by atoms with van der Waals surface area (Å²) in [4.78, 5) is 0. The normalized spacial score (nSPS) is 10.6. The first-order valence-corrected chi connectivity index (χ1v) is 5.31. The highest BCUT2D eigenvalue weighted by atomic mass is 15.7. The van der Waals surface area contributed by atoms with Crippen LogP contribution in [0.25, 0.3) is 0 Å². The van der Waals surface area contributed by atoms with Gasteiger partial charge < -0.3 is 0 Å².